The third-order valence-electron chi connectivity index (χ3n) is 6.58. The van der Waals surface area contributed by atoms with E-state index in [0.29, 0.717) is 17.8 Å². The van der Waals surface area contributed by atoms with Gasteiger partial charge in [0.25, 0.3) is 5.91 Å². The smallest absolute Gasteiger partial charge is 0.253 e. The van der Waals surface area contributed by atoms with Gasteiger partial charge in [0.1, 0.15) is 5.82 Å². The zero-order chi connectivity index (χ0) is 19.8. The Morgan fingerprint density at radius 1 is 1.21 bits per heavy atom. The summed E-state index contributed by atoms with van der Waals surface area (Å²) in [5.74, 6) is 2.06. The maximum absolute atomic E-state index is 12.8. The first-order valence-corrected chi connectivity index (χ1v) is 10.6. The van der Waals surface area contributed by atoms with E-state index in [1.165, 1.54) is 0 Å². The molecule has 0 aliphatic carbocycles. The van der Waals surface area contributed by atoms with Crippen LogP contribution in [0.5, 0.6) is 0 Å². The van der Waals surface area contributed by atoms with E-state index in [9.17, 15) is 4.79 Å². The zero-order valence-electron chi connectivity index (χ0n) is 16.8. The zero-order valence-corrected chi connectivity index (χ0v) is 16.8. The Morgan fingerprint density at radius 3 is 2.79 bits per heavy atom. The van der Waals surface area contributed by atoms with E-state index in [-0.39, 0.29) is 11.8 Å². The van der Waals surface area contributed by atoms with Crippen molar-refractivity contribution in [3.05, 3.63) is 47.8 Å². The van der Waals surface area contributed by atoms with E-state index in [4.69, 9.17) is 4.74 Å². The number of aliphatic imine (C=N–C) groups is 1. The lowest BCUT2D eigenvalue weighted by Gasteiger charge is -2.30. The molecule has 4 aliphatic rings. The van der Waals surface area contributed by atoms with Crippen LogP contribution in [0.15, 0.2) is 47.0 Å². The first kappa shape index (κ1) is 18.6. The summed E-state index contributed by atoms with van der Waals surface area (Å²) in [6, 6.07) is 1.84. The predicted octanol–water partition coefficient (Wildman–Crippen LogP) is 1.94. The second kappa shape index (κ2) is 7.80. The number of nitrogens with zero attached hydrogens (tertiary/aromatic N) is 4. The molecule has 152 valence electrons. The van der Waals surface area contributed by atoms with Crippen LogP contribution in [-0.2, 0) is 16.1 Å². The van der Waals surface area contributed by atoms with E-state index >= 15 is 0 Å². The van der Waals surface area contributed by atoms with Crippen LogP contribution in [0.25, 0.3) is 0 Å². The van der Waals surface area contributed by atoms with Gasteiger partial charge in [-0.1, -0.05) is 13.0 Å². The minimum atomic E-state index is 0.00959. The number of rotatable bonds is 4. The van der Waals surface area contributed by atoms with Gasteiger partial charge in [-0.25, -0.2) is 9.97 Å². The van der Waals surface area contributed by atoms with Crippen LogP contribution in [0.1, 0.15) is 25.6 Å². The fraction of sp³-hybridized carbons (Fsp3) is 0.545. The van der Waals surface area contributed by atoms with Gasteiger partial charge in [0, 0.05) is 79.6 Å². The monoisotopic (exact) mass is 393 g/mol. The van der Waals surface area contributed by atoms with Crippen LogP contribution in [0.3, 0.4) is 0 Å². The van der Waals surface area contributed by atoms with Crippen molar-refractivity contribution >= 4 is 11.6 Å². The Bertz CT molecular complexity index is 872. The number of hydrogen-bond donors (Lipinski definition) is 1. The van der Waals surface area contributed by atoms with Gasteiger partial charge in [0.2, 0.25) is 0 Å². The topological polar surface area (TPSA) is 79.7 Å². The van der Waals surface area contributed by atoms with Gasteiger partial charge in [-0.15, -0.1) is 0 Å². The number of carbonyl (C=O) groups is 1. The van der Waals surface area contributed by atoms with Gasteiger partial charge in [-0.05, 0) is 24.8 Å². The first-order valence-electron chi connectivity index (χ1n) is 10.6. The second-order valence-corrected chi connectivity index (χ2v) is 8.52. The standard InChI is InChI=1S/C22H27N5O2/c1-14-11-27(13-20-23-5-2-6-24-20)12-18(14)19-9-16-17(22(28)26-19)10-25-21(16)15-3-7-29-8-4-15/h2,5-6,9-10,14-16,18H,3-4,7-8,11-13H2,1H3,(H,26,28)/t14-,16?,18-/m1/s1. The van der Waals surface area contributed by atoms with Crippen molar-refractivity contribution in [2.75, 3.05) is 26.3 Å². The van der Waals surface area contributed by atoms with E-state index in [0.717, 1.165) is 68.5 Å². The Kier molecular flexibility index (Phi) is 5.01. The summed E-state index contributed by atoms with van der Waals surface area (Å²) in [5, 5.41) is 3.17. The molecule has 1 aromatic heterocycles. The van der Waals surface area contributed by atoms with Crippen molar-refractivity contribution in [2.24, 2.45) is 28.7 Å². The lowest BCUT2D eigenvalue weighted by Crippen LogP contribution is -2.39. The van der Waals surface area contributed by atoms with Crippen molar-refractivity contribution in [1.82, 2.24) is 20.2 Å². The number of aromatic nitrogens is 2. The molecule has 1 aromatic rings. The Morgan fingerprint density at radius 2 is 2.00 bits per heavy atom. The molecule has 0 radical (unpaired) electrons. The molecule has 7 nitrogen and oxygen atoms in total. The average molecular weight is 393 g/mol. The van der Waals surface area contributed by atoms with Crippen molar-refractivity contribution in [1.29, 1.82) is 0 Å². The average Bonchev–Trinajstić information content (AvgIpc) is 3.33. The van der Waals surface area contributed by atoms with E-state index in [1.807, 2.05) is 6.07 Å². The highest BCUT2D eigenvalue weighted by molar-refractivity contribution is 6.08. The highest BCUT2D eigenvalue weighted by atomic mass is 16.5. The largest absolute Gasteiger partial charge is 0.381 e. The highest BCUT2D eigenvalue weighted by Gasteiger charge is 2.40. The Balaban J connectivity index is 1.33. The van der Waals surface area contributed by atoms with Gasteiger partial charge >= 0.3 is 0 Å². The lowest BCUT2D eigenvalue weighted by atomic mass is 9.80. The summed E-state index contributed by atoms with van der Waals surface area (Å²) in [6.07, 6.45) is 9.59. The van der Waals surface area contributed by atoms with Gasteiger partial charge in [-0.3, -0.25) is 14.7 Å². The first-order chi connectivity index (χ1) is 14.2. The highest BCUT2D eigenvalue weighted by Crippen LogP contribution is 2.37. The van der Waals surface area contributed by atoms with Crippen molar-refractivity contribution in [3.8, 4) is 0 Å². The van der Waals surface area contributed by atoms with E-state index in [1.54, 1.807) is 18.6 Å². The number of hydrogen-bond acceptors (Lipinski definition) is 6. The quantitative estimate of drug-likeness (QED) is 0.846. The van der Waals surface area contributed by atoms with Crippen molar-refractivity contribution in [3.63, 3.8) is 0 Å². The number of likely N-dealkylation sites (tertiary alicyclic amines) is 1. The molecule has 7 heteroatoms. The van der Waals surface area contributed by atoms with E-state index in [2.05, 4.69) is 38.2 Å². The molecule has 2 fully saturated rings. The molecule has 3 atom stereocenters. The molecule has 1 N–H and O–H groups in total. The van der Waals surface area contributed by atoms with Crippen LogP contribution in [-0.4, -0.2) is 52.8 Å². The Labute approximate surface area is 171 Å². The van der Waals surface area contributed by atoms with Gasteiger partial charge in [0.15, 0.2) is 0 Å². The molecule has 29 heavy (non-hydrogen) atoms. The third-order valence-corrected chi connectivity index (χ3v) is 6.58. The molecule has 5 heterocycles. The molecule has 5 rings (SSSR count). The molecule has 1 unspecified atom stereocenters. The Hall–Kier alpha value is -2.38. The minimum Gasteiger partial charge on any atom is -0.381 e. The van der Waals surface area contributed by atoms with Gasteiger partial charge < -0.3 is 10.1 Å². The molecule has 0 saturated carbocycles. The maximum Gasteiger partial charge on any atom is 0.253 e. The number of ether oxygens (including phenoxy) is 1. The second-order valence-electron chi connectivity index (χ2n) is 8.52. The van der Waals surface area contributed by atoms with Crippen molar-refractivity contribution < 1.29 is 9.53 Å². The van der Waals surface area contributed by atoms with Crippen molar-refractivity contribution in [2.45, 2.75) is 26.3 Å². The summed E-state index contributed by atoms with van der Waals surface area (Å²) in [5.41, 5.74) is 2.99. The SMILES string of the molecule is C[C@@H]1CN(Cc2ncccn2)C[C@H]1C1=CC2C(=CN=C2C2CCOCC2)C(=O)N1. The summed E-state index contributed by atoms with van der Waals surface area (Å²) < 4.78 is 5.51. The predicted molar refractivity (Wildman–Crippen MR) is 109 cm³/mol. The number of fused-ring (bicyclic) bond motifs is 1. The van der Waals surface area contributed by atoms with Crippen LogP contribution >= 0.6 is 0 Å². The molecular weight excluding hydrogens is 366 g/mol. The molecule has 2 saturated heterocycles. The molecular formula is C22H27N5O2. The number of carbonyl (C=O) groups excluding carboxylic acids is 1. The molecule has 4 aliphatic heterocycles. The molecule has 0 aromatic carbocycles. The number of nitrogens with one attached hydrogen (secondary N) is 1. The van der Waals surface area contributed by atoms with Crippen LogP contribution in [0.4, 0.5) is 0 Å². The number of allylic oxidation sites excluding steroid dienone is 1. The minimum absolute atomic E-state index is 0.00959. The number of amides is 1. The van der Waals surface area contributed by atoms with Gasteiger partial charge in [-0.2, -0.15) is 0 Å². The third kappa shape index (κ3) is 3.65. The van der Waals surface area contributed by atoms with Gasteiger partial charge in [0.05, 0.1) is 6.54 Å². The summed E-state index contributed by atoms with van der Waals surface area (Å²) in [4.78, 5) is 28.6. The molecule has 0 spiro atoms. The van der Waals surface area contributed by atoms with Crippen LogP contribution in [0.2, 0.25) is 0 Å². The summed E-state index contributed by atoms with van der Waals surface area (Å²) in [6.45, 7) is 6.45. The molecule has 1 amide bonds. The molecule has 0 bridgehead atoms. The summed E-state index contributed by atoms with van der Waals surface area (Å²) >= 11 is 0. The van der Waals surface area contributed by atoms with Crippen LogP contribution in [0, 0.1) is 23.7 Å². The fourth-order valence-electron chi connectivity index (χ4n) is 5.05. The summed E-state index contributed by atoms with van der Waals surface area (Å²) in [7, 11) is 0. The normalized spacial score (nSPS) is 30.4. The van der Waals surface area contributed by atoms with Crippen LogP contribution < -0.4 is 5.32 Å². The lowest BCUT2D eigenvalue weighted by molar-refractivity contribution is -0.117. The maximum atomic E-state index is 12.8. The van der Waals surface area contributed by atoms with E-state index < -0.39 is 0 Å². The fourth-order valence-corrected chi connectivity index (χ4v) is 5.05.